The molecule has 1 aromatic carbocycles. The first-order valence-electron chi connectivity index (χ1n) is 11.1. The molecule has 0 spiro atoms. The second-order valence-corrected chi connectivity index (χ2v) is 10.4. The summed E-state index contributed by atoms with van der Waals surface area (Å²) >= 11 is 5.82. The summed E-state index contributed by atoms with van der Waals surface area (Å²) in [5.41, 5.74) is 3.78. The highest BCUT2D eigenvalue weighted by molar-refractivity contribution is 7.92. The molecule has 1 fully saturated rings. The van der Waals surface area contributed by atoms with E-state index < -0.39 is 10.0 Å². The second kappa shape index (κ2) is 9.59. The number of methoxy groups -OCH3 is 1. The molecule has 3 aromatic heterocycles. The number of ether oxygens (including phenoxy) is 1. The van der Waals surface area contributed by atoms with Crippen LogP contribution < -0.4 is 19.7 Å². The van der Waals surface area contributed by atoms with Crippen LogP contribution in [0.5, 0.6) is 5.75 Å². The van der Waals surface area contributed by atoms with Crippen LogP contribution in [0.1, 0.15) is 23.5 Å². The second-order valence-electron chi connectivity index (χ2n) is 8.26. The van der Waals surface area contributed by atoms with Gasteiger partial charge in [0.05, 0.1) is 30.8 Å². The third kappa shape index (κ3) is 4.62. The van der Waals surface area contributed by atoms with E-state index in [1.54, 1.807) is 30.7 Å². The third-order valence-corrected chi connectivity index (χ3v) is 6.78. The van der Waals surface area contributed by atoms with Crippen molar-refractivity contribution in [3.05, 3.63) is 96.8 Å². The summed E-state index contributed by atoms with van der Waals surface area (Å²) in [6.45, 7) is 0. The van der Waals surface area contributed by atoms with E-state index in [0.29, 0.717) is 22.2 Å². The van der Waals surface area contributed by atoms with Crippen LogP contribution >= 0.6 is 12.2 Å². The van der Waals surface area contributed by atoms with Gasteiger partial charge >= 0.3 is 0 Å². The number of hydrogen-bond acceptors (Lipinski definition) is 6. The Morgan fingerprint density at radius 1 is 1.03 bits per heavy atom. The lowest BCUT2D eigenvalue weighted by atomic mass is 10.0. The van der Waals surface area contributed by atoms with Crippen molar-refractivity contribution in [1.82, 2.24) is 19.9 Å². The monoisotopic (exact) mass is 520 g/mol. The molecule has 0 amide bonds. The van der Waals surface area contributed by atoms with Crippen LogP contribution in [0.25, 0.3) is 5.69 Å². The first-order valence-corrected chi connectivity index (χ1v) is 13.4. The highest BCUT2D eigenvalue weighted by atomic mass is 32.2. The lowest BCUT2D eigenvalue weighted by Gasteiger charge is -2.29. The number of sulfonamides is 1. The van der Waals surface area contributed by atoms with Gasteiger partial charge in [0.25, 0.3) is 0 Å². The Morgan fingerprint density at radius 3 is 2.53 bits per heavy atom. The number of thiocarbonyl (C=S) groups is 1. The number of nitrogens with one attached hydrogen (secondary N) is 2. The molecule has 0 unspecified atom stereocenters. The van der Waals surface area contributed by atoms with E-state index in [9.17, 15) is 8.42 Å². The molecule has 9 nitrogen and oxygen atoms in total. The molecule has 36 heavy (non-hydrogen) atoms. The van der Waals surface area contributed by atoms with Crippen LogP contribution in [0.4, 0.5) is 11.4 Å². The van der Waals surface area contributed by atoms with Crippen molar-refractivity contribution >= 4 is 38.7 Å². The molecular formula is C25H24N6O3S2. The zero-order valence-corrected chi connectivity index (χ0v) is 21.2. The quantitative estimate of drug-likeness (QED) is 0.355. The van der Waals surface area contributed by atoms with Gasteiger partial charge in [-0.15, -0.1) is 0 Å². The molecule has 5 rings (SSSR count). The first kappa shape index (κ1) is 23.8. The summed E-state index contributed by atoms with van der Waals surface area (Å²) in [6.07, 6.45) is 8.34. The number of aromatic nitrogens is 3. The van der Waals surface area contributed by atoms with Crippen LogP contribution in [0, 0.1) is 0 Å². The molecule has 0 saturated carbocycles. The van der Waals surface area contributed by atoms with Gasteiger partial charge in [0.2, 0.25) is 10.0 Å². The van der Waals surface area contributed by atoms with Gasteiger partial charge in [0.1, 0.15) is 11.8 Å². The third-order valence-electron chi connectivity index (χ3n) is 5.88. The minimum Gasteiger partial charge on any atom is -0.495 e. The van der Waals surface area contributed by atoms with Gasteiger partial charge in [-0.3, -0.25) is 14.7 Å². The van der Waals surface area contributed by atoms with Gasteiger partial charge in [0.15, 0.2) is 5.11 Å². The Labute approximate surface area is 214 Å². The average molecular weight is 521 g/mol. The Kier molecular flexibility index (Phi) is 6.33. The van der Waals surface area contributed by atoms with E-state index in [1.165, 1.54) is 7.11 Å². The molecule has 0 radical (unpaired) electrons. The fraction of sp³-hybridized carbons (Fsp3) is 0.160. The van der Waals surface area contributed by atoms with Gasteiger partial charge in [-0.05, 0) is 66.8 Å². The highest BCUT2D eigenvalue weighted by Crippen LogP contribution is 2.43. The standard InChI is InChI=1S/C25H24N6O3S2/c1-34-22-9-8-18(16-20(22)29-36(2,32)33)31-24(23(28-25(31)35)19-6-3-4-12-27-19)21-7-5-15-30(21)17-10-13-26-14-11-17/h3-16,23-24,29H,1-2H3,(H,28,35)/t23-,24-/m0/s1. The zero-order valence-electron chi connectivity index (χ0n) is 19.6. The Bertz CT molecular complexity index is 1490. The maximum Gasteiger partial charge on any atom is 0.229 e. The smallest absolute Gasteiger partial charge is 0.229 e. The molecule has 2 atom stereocenters. The number of hydrogen-bond donors (Lipinski definition) is 2. The number of anilines is 2. The maximum atomic E-state index is 12.0. The normalized spacial score (nSPS) is 17.6. The van der Waals surface area contributed by atoms with Gasteiger partial charge in [-0.1, -0.05) is 6.07 Å². The Hall–Kier alpha value is -3.96. The summed E-state index contributed by atoms with van der Waals surface area (Å²) in [5, 5.41) is 3.93. The topological polar surface area (TPSA) is 101 Å². The molecule has 184 valence electrons. The van der Waals surface area contributed by atoms with E-state index in [-0.39, 0.29) is 12.1 Å². The molecule has 1 saturated heterocycles. The molecule has 4 heterocycles. The number of nitrogens with zero attached hydrogens (tertiary/aromatic N) is 4. The van der Waals surface area contributed by atoms with Crippen molar-refractivity contribution in [2.24, 2.45) is 0 Å². The zero-order chi connectivity index (χ0) is 25.3. The van der Waals surface area contributed by atoms with Crippen LogP contribution in [0.15, 0.2) is 85.5 Å². The summed E-state index contributed by atoms with van der Waals surface area (Å²) in [6, 6.07) is 18.4. The number of benzene rings is 1. The van der Waals surface area contributed by atoms with Crippen molar-refractivity contribution in [2.45, 2.75) is 12.1 Å². The molecule has 4 aromatic rings. The summed E-state index contributed by atoms with van der Waals surface area (Å²) in [7, 11) is -2.04. The van der Waals surface area contributed by atoms with E-state index in [2.05, 4.69) is 24.6 Å². The van der Waals surface area contributed by atoms with Crippen molar-refractivity contribution in [3.8, 4) is 11.4 Å². The molecule has 1 aliphatic heterocycles. The predicted molar refractivity (Wildman–Crippen MR) is 143 cm³/mol. The average Bonchev–Trinajstić information content (AvgIpc) is 3.48. The van der Waals surface area contributed by atoms with Gasteiger partial charge in [-0.2, -0.15) is 0 Å². The van der Waals surface area contributed by atoms with E-state index in [1.807, 2.05) is 59.6 Å². The van der Waals surface area contributed by atoms with E-state index in [0.717, 1.165) is 23.3 Å². The molecule has 2 N–H and O–H groups in total. The van der Waals surface area contributed by atoms with Crippen molar-refractivity contribution in [2.75, 3.05) is 23.0 Å². The first-order chi connectivity index (χ1) is 17.4. The van der Waals surface area contributed by atoms with Gasteiger partial charge in [-0.25, -0.2) is 8.42 Å². The lowest BCUT2D eigenvalue weighted by Crippen LogP contribution is -2.30. The molecule has 1 aliphatic rings. The van der Waals surface area contributed by atoms with Crippen molar-refractivity contribution in [1.29, 1.82) is 0 Å². The predicted octanol–water partition coefficient (Wildman–Crippen LogP) is 3.82. The number of pyridine rings is 2. The van der Waals surface area contributed by atoms with Gasteiger partial charge < -0.3 is 19.5 Å². The number of rotatable bonds is 7. The largest absolute Gasteiger partial charge is 0.495 e. The summed E-state index contributed by atoms with van der Waals surface area (Å²) in [5.74, 6) is 0.403. The Balaban J connectivity index is 1.67. The fourth-order valence-corrected chi connectivity index (χ4v) is 5.34. The maximum absolute atomic E-state index is 12.0. The highest BCUT2D eigenvalue weighted by Gasteiger charge is 2.42. The van der Waals surface area contributed by atoms with Crippen LogP contribution in [-0.4, -0.2) is 41.4 Å². The molecule has 11 heteroatoms. The molecule has 0 aliphatic carbocycles. The fourth-order valence-electron chi connectivity index (χ4n) is 4.43. The molecular weight excluding hydrogens is 496 g/mol. The van der Waals surface area contributed by atoms with Crippen LogP contribution in [0.3, 0.4) is 0 Å². The SMILES string of the molecule is COc1ccc(N2C(=S)N[C@@H](c3ccccn3)[C@@H]2c2cccn2-c2ccncc2)cc1NS(C)(=O)=O. The van der Waals surface area contributed by atoms with Gasteiger partial charge in [0, 0.05) is 41.9 Å². The summed E-state index contributed by atoms with van der Waals surface area (Å²) in [4.78, 5) is 10.7. The van der Waals surface area contributed by atoms with E-state index in [4.69, 9.17) is 17.0 Å². The summed E-state index contributed by atoms with van der Waals surface area (Å²) < 4.78 is 34.1. The van der Waals surface area contributed by atoms with Crippen LogP contribution in [-0.2, 0) is 10.0 Å². The Morgan fingerprint density at radius 2 is 1.83 bits per heavy atom. The lowest BCUT2D eigenvalue weighted by molar-refractivity contribution is 0.417. The molecule has 0 bridgehead atoms. The van der Waals surface area contributed by atoms with Crippen LogP contribution in [0.2, 0.25) is 0 Å². The minimum absolute atomic E-state index is 0.261. The van der Waals surface area contributed by atoms with E-state index >= 15 is 0 Å². The van der Waals surface area contributed by atoms with Crippen molar-refractivity contribution < 1.29 is 13.2 Å². The van der Waals surface area contributed by atoms with Crippen molar-refractivity contribution in [3.63, 3.8) is 0 Å². The minimum atomic E-state index is -3.53.